The van der Waals surface area contributed by atoms with Gasteiger partial charge in [0.1, 0.15) is 6.10 Å². The summed E-state index contributed by atoms with van der Waals surface area (Å²) in [6, 6.07) is 16.9. The van der Waals surface area contributed by atoms with Gasteiger partial charge >= 0.3 is 6.09 Å². The molecule has 2 N–H and O–H groups in total. The van der Waals surface area contributed by atoms with Crippen molar-refractivity contribution in [3.63, 3.8) is 0 Å². The summed E-state index contributed by atoms with van der Waals surface area (Å²) in [7, 11) is 0. The molecule has 1 atom stereocenters. The quantitative estimate of drug-likeness (QED) is 0.854. The summed E-state index contributed by atoms with van der Waals surface area (Å²) in [6.45, 7) is 2.69. The lowest BCUT2D eigenvalue weighted by Gasteiger charge is -2.36. The van der Waals surface area contributed by atoms with Gasteiger partial charge in [-0.2, -0.15) is 0 Å². The average Bonchev–Trinajstić information content (AvgIpc) is 2.68. The van der Waals surface area contributed by atoms with Gasteiger partial charge in [-0.3, -0.25) is 4.79 Å². The van der Waals surface area contributed by atoms with Gasteiger partial charge in [0.05, 0.1) is 6.42 Å². The highest BCUT2D eigenvalue weighted by Gasteiger charge is 2.26. The van der Waals surface area contributed by atoms with Gasteiger partial charge in [0.25, 0.3) is 0 Å². The Labute approximate surface area is 163 Å². The number of piperazine rings is 1. The Morgan fingerprint density at radius 1 is 1.00 bits per heavy atom. The standard InChI is InChI=1S/C20H22ClN3O3/c21-16-6-8-17(9-7-16)23-10-12-24(13-11-23)19(25)14-18(27-20(22)26)15-4-2-1-3-5-15/h1-9,18H,10-14H2,(H2,22,26)/t18-/m1/s1. The molecule has 1 aliphatic rings. The Balaban J connectivity index is 1.59. The minimum Gasteiger partial charge on any atom is -0.441 e. The van der Waals surface area contributed by atoms with Gasteiger partial charge < -0.3 is 20.3 Å². The average molecular weight is 388 g/mol. The number of nitrogens with zero attached hydrogens (tertiary/aromatic N) is 2. The molecular formula is C20H22ClN3O3. The Kier molecular flexibility index (Phi) is 6.19. The normalized spacial score (nSPS) is 15.3. The van der Waals surface area contributed by atoms with Crippen molar-refractivity contribution in [3.8, 4) is 0 Å². The molecule has 2 aromatic rings. The van der Waals surface area contributed by atoms with E-state index < -0.39 is 12.2 Å². The number of benzene rings is 2. The van der Waals surface area contributed by atoms with Crippen LogP contribution in [0.4, 0.5) is 10.5 Å². The molecule has 7 heteroatoms. The number of carbonyl (C=O) groups excluding carboxylic acids is 2. The maximum Gasteiger partial charge on any atom is 0.405 e. The number of anilines is 1. The first kappa shape index (κ1) is 19.0. The van der Waals surface area contributed by atoms with E-state index in [4.69, 9.17) is 22.1 Å². The zero-order valence-corrected chi connectivity index (χ0v) is 15.6. The van der Waals surface area contributed by atoms with Crippen LogP contribution >= 0.6 is 11.6 Å². The van der Waals surface area contributed by atoms with E-state index in [9.17, 15) is 9.59 Å². The van der Waals surface area contributed by atoms with E-state index in [1.807, 2.05) is 54.6 Å². The predicted molar refractivity (Wildman–Crippen MR) is 105 cm³/mol. The summed E-state index contributed by atoms with van der Waals surface area (Å²) in [5, 5.41) is 0.703. The number of rotatable bonds is 5. The van der Waals surface area contributed by atoms with Crippen LogP contribution in [0.5, 0.6) is 0 Å². The third kappa shape index (κ3) is 5.14. The molecule has 27 heavy (non-hydrogen) atoms. The number of carbonyl (C=O) groups is 2. The second-order valence-corrected chi connectivity index (χ2v) is 6.82. The Morgan fingerprint density at radius 3 is 2.22 bits per heavy atom. The highest BCUT2D eigenvalue weighted by Crippen LogP contribution is 2.24. The Bertz CT molecular complexity index is 775. The fourth-order valence-corrected chi connectivity index (χ4v) is 3.32. The topological polar surface area (TPSA) is 75.9 Å². The van der Waals surface area contributed by atoms with Crippen LogP contribution in [-0.4, -0.2) is 43.1 Å². The molecule has 0 aromatic heterocycles. The summed E-state index contributed by atoms with van der Waals surface area (Å²) in [4.78, 5) is 27.9. The van der Waals surface area contributed by atoms with Crippen LogP contribution in [0.1, 0.15) is 18.1 Å². The van der Waals surface area contributed by atoms with Gasteiger partial charge in [0.2, 0.25) is 5.91 Å². The third-order valence-corrected chi connectivity index (χ3v) is 4.87. The molecule has 1 aliphatic heterocycles. The van der Waals surface area contributed by atoms with Crippen LogP contribution in [0, 0.1) is 0 Å². The number of hydrogen-bond donors (Lipinski definition) is 1. The summed E-state index contributed by atoms with van der Waals surface area (Å²) in [5.74, 6) is -0.0548. The van der Waals surface area contributed by atoms with Gasteiger partial charge in [-0.05, 0) is 29.8 Å². The van der Waals surface area contributed by atoms with Crippen molar-refractivity contribution >= 4 is 29.3 Å². The molecule has 3 rings (SSSR count). The third-order valence-electron chi connectivity index (χ3n) is 4.61. The summed E-state index contributed by atoms with van der Waals surface area (Å²) >= 11 is 5.93. The summed E-state index contributed by atoms with van der Waals surface area (Å²) in [5.41, 5.74) is 7.02. The van der Waals surface area contributed by atoms with Crippen molar-refractivity contribution in [2.24, 2.45) is 5.73 Å². The van der Waals surface area contributed by atoms with E-state index in [0.717, 1.165) is 24.3 Å². The minimum absolute atomic E-state index is 0.0548. The van der Waals surface area contributed by atoms with Crippen LogP contribution in [0.25, 0.3) is 0 Å². The summed E-state index contributed by atoms with van der Waals surface area (Å²) in [6.07, 6.45) is -1.48. The molecule has 6 nitrogen and oxygen atoms in total. The zero-order valence-electron chi connectivity index (χ0n) is 14.9. The van der Waals surface area contributed by atoms with Crippen molar-refractivity contribution in [1.82, 2.24) is 4.90 Å². The SMILES string of the molecule is NC(=O)O[C@H](CC(=O)N1CCN(c2ccc(Cl)cc2)CC1)c1ccccc1. The Hall–Kier alpha value is -2.73. The lowest BCUT2D eigenvalue weighted by Crippen LogP contribution is -2.49. The van der Waals surface area contributed by atoms with Crippen molar-refractivity contribution in [1.29, 1.82) is 0 Å². The Morgan fingerprint density at radius 2 is 1.63 bits per heavy atom. The second-order valence-electron chi connectivity index (χ2n) is 6.38. The molecular weight excluding hydrogens is 366 g/mol. The molecule has 2 amide bonds. The number of amides is 2. The first-order chi connectivity index (χ1) is 13.0. The number of ether oxygens (including phenoxy) is 1. The maximum atomic E-state index is 12.7. The minimum atomic E-state index is -0.885. The maximum absolute atomic E-state index is 12.7. The number of nitrogens with two attached hydrogens (primary N) is 1. The van der Waals surface area contributed by atoms with E-state index in [2.05, 4.69) is 4.90 Å². The van der Waals surface area contributed by atoms with Crippen molar-refractivity contribution in [2.45, 2.75) is 12.5 Å². The van der Waals surface area contributed by atoms with Crippen LogP contribution in [0.2, 0.25) is 5.02 Å². The monoisotopic (exact) mass is 387 g/mol. The van der Waals surface area contributed by atoms with Gasteiger partial charge in [-0.25, -0.2) is 4.79 Å². The van der Waals surface area contributed by atoms with E-state index in [1.165, 1.54) is 0 Å². The number of hydrogen-bond acceptors (Lipinski definition) is 4. The molecule has 0 unspecified atom stereocenters. The lowest BCUT2D eigenvalue weighted by molar-refractivity contribution is -0.133. The van der Waals surface area contributed by atoms with Crippen LogP contribution in [0.15, 0.2) is 54.6 Å². The zero-order chi connectivity index (χ0) is 19.2. The van der Waals surface area contributed by atoms with Crippen molar-refractivity contribution < 1.29 is 14.3 Å². The van der Waals surface area contributed by atoms with E-state index in [1.54, 1.807) is 4.90 Å². The highest BCUT2D eigenvalue weighted by molar-refractivity contribution is 6.30. The first-order valence-electron chi connectivity index (χ1n) is 8.82. The van der Waals surface area contributed by atoms with Crippen LogP contribution in [0.3, 0.4) is 0 Å². The van der Waals surface area contributed by atoms with E-state index >= 15 is 0 Å². The molecule has 142 valence electrons. The molecule has 1 saturated heterocycles. The number of halogens is 1. The molecule has 0 bridgehead atoms. The molecule has 0 spiro atoms. The molecule has 1 heterocycles. The van der Waals surface area contributed by atoms with E-state index in [-0.39, 0.29) is 12.3 Å². The van der Waals surface area contributed by atoms with Crippen molar-refractivity contribution in [2.75, 3.05) is 31.1 Å². The molecule has 2 aromatic carbocycles. The lowest BCUT2D eigenvalue weighted by atomic mass is 10.1. The summed E-state index contributed by atoms with van der Waals surface area (Å²) < 4.78 is 5.17. The van der Waals surface area contributed by atoms with E-state index in [0.29, 0.717) is 18.1 Å². The highest BCUT2D eigenvalue weighted by atomic mass is 35.5. The fourth-order valence-electron chi connectivity index (χ4n) is 3.19. The van der Waals surface area contributed by atoms with Gasteiger partial charge in [0, 0.05) is 36.9 Å². The van der Waals surface area contributed by atoms with Crippen LogP contribution < -0.4 is 10.6 Å². The number of primary amides is 1. The smallest absolute Gasteiger partial charge is 0.405 e. The molecule has 0 radical (unpaired) electrons. The molecule has 0 saturated carbocycles. The van der Waals surface area contributed by atoms with Gasteiger partial charge in [-0.1, -0.05) is 41.9 Å². The van der Waals surface area contributed by atoms with Crippen molar-refractivity contribution in [3.05, 3.63) is 65.2 Å². The second kappa shape index (κ2) is 8.77. The van der Waals surface area contributed by atoms with Gasteiger partial charge in [-0.15, -0.1) is 0 Å². The van der Waals surface area contributed by atoms with Crippen LogP contribution in [-0.2, 0) is 9.53 Å². The fraction of sp³-hybridized carbons (Fsp3) is 0.300. The predicted octanol–water partition coefficient (Wildman–Crippen LogP) is 3.22. The largest absolute Gasteiger partial charge is 0.441 e. The molecule has 1 fully saturated rings. The molecule has 0 aliphatic carbocycles. The first-order valence-corrected chi connectivity index (χ1v) is 9.20. The van der Waals surface area contributed by atoms with Gasteiger partial charge in [0.15, 0.2) is 0 Å².